The van der Waals surface area contributed by atoms with Crippen LogP contribution < -0.4 is 0 Å². The van der Waals surface area contributed by atoms with E-state index >= 15 is 0 Å². The Kier molecular flexibility index (Phi) is 3.40. The molecule has 2 aliphatic rings. The summed E-state index contributed by atoms with van der Waals surface area (Å²) in [6.45, 7) is 0. The van der Waals surface area contributed by atoms with Gasteiger partial charge >= 0.3 is 0 Å². The van der Waals surface area contributed by atoms with E-state index in [4.69, 9.17) is 11.6 Å². The zero-order chi connectivity index (χ0) is 13.5. The van der Waals surface area contributed by atoms with E-state index in [1.807, 2.05) is 12.1 Å². The predicted molar refractivity (Wildman–Crippen MR) is 77.4 cm³/mol. The quantitative estimate of drug-likeness (QED) is 0.838. The lowest BCUT2D eigenvalue weighted by Gasteiger charge is -2.45. The summed E-state index contributed by atoms with van der Waals surface area (Å²) >= 11 is 6.01. The maximum absolute atomic E-state index is 11.6. The van der Waals surface area contributed by atoms with Gasteiger partial charge < -0.3 is 0 Å². The number of carbonyl (C=O) groups excluding carboxylic acids is 1. The maximum atomic E-state index is 11.6. The predicted octanol–water partition coefficient (Wildman–Crippen LogP) is 3.77. The third kappa shape index (κ3) is 2.44. The number of hydrogen-bond acceptors (Lipinski definition) is 2. The third-order valence-electron chi connectivity index (χ3n) is 4.79. The summed E-state index contributed by atoms with van der Waals surface area (Å²) in [5.41, 5.74) is 1.36. The van der Waals surface area contributed by atoms with E-state index in [0.29, 0.717) is 24.7 Å². The molecule has 0 aromatic heterocycles. The molecule has 1 aromatic rings. The molecule has 0 saturated heterocycles. The summed E-state index contributed by atoms with van der Waals surface area (Å²) in [4.78, 5) is 14.1. The molecule has 0 atom stereocenters. The third-order valence-corrected chi connectivity index (χ3v) is 5.04. The number of benzene rings is 1. The zero-order valence-corrected chi connectivity index (χ0v) is 12.1. The summed E-state index contributed by atoms with van der Waals surface area (Å²) in [5, 5.41) is 0.778. The van der Waals surface area contributed by atoms with Crippen molar-refractivity contribution in [2.75, 3.05) is 7.05 Å². The molecule has 0 aliphatic heterocycles. The summed E-state index contributed by atoms with van der Waals surface area (Å²) in [7, 11) is 2.22. The average Bonchev–Trinajstić information content (AvgIpc) is 3.25. The molecule has 3 heteroatoms. The largest absolute Gasteiger partial charge is 0.300 e. The first-order valence-corrected chi connectivity index (χ1v) is 7.50. The van der Waals surface area contributed by atoms with Gasteiger partial charge in [-0.05, 0) is 50.4 Å². The lowest BCUT2D eigenvalue weighted by atomic mass is 9.75. The lowest BCUT2D eigenvalue weighted by Crippen LogP contribution is -2.47. The van der Waals surface area contributed by atoms with Gasteiger partial charge in [0, 0.05) is 29.4 Å². The molecule has 19 heavy (non-hydrogen) atoms. The molecule has 0 amide bonds. The van der Waals surface area contributed by atoms with Crippen LogP contribution in [0.25, 0.3) is 0 Å². The zero-order valence-electron chi connectivity index (χ0n) is 11.4. The van der Waals surface area contributed by atoms with Crippen LogP contribution in [0, 0.1) is 0 Å². The molecule has 0 radical (unpaired) electrons. The standard InChI is InChI=1S/C16H20ClNO/c1-18(14-6-7-14)16(10-8-15(19)9-11-16)12-2-4-13(17)5-3-12/h2-5,14H,6-11H2,1H3. The second-order valence-corrected chi connectivity index (χ2v) is 6.36. The highest BCUT2D eigenvalue weighted by Gasteiger charge is 2.45. The Balaban J connectivity index is 1.95. The van der Waals surface area contributed by atoms with Crippen molar-refractivity contribution in [3.63, 3.8) is 0 Å². The van der Waals surface area contributed by atoms with Crippen molar-refractivity contribution in [2.45, 2.75) is 50.1 Å². The van der Waals surface area contributed by atoms with E-state index in [1.54, 1.807) is 0 Å². The fourth-order valence-electron chi connectivity index (χ4n) is 3.36. The summed E-state index contributed by atoms with van der Waals surface area (Å²) in [6, 6.07) is 8.91. The summed E-state index contributed by atoms with van der Waals surface area (Å²) in [6.07, 6.45) is 5.89. The van der Waals surface area contributed by atoms with Crippen molar-refractivity contribution in [3.8, 4) is 0 Å². The Labute approximate surface area is 119 Å². The fraction of sp³-hybridized carbons (Fsp3) is 0.562. The number of hydrogen-bond donors (Lipinski definition) is 0. The van der Waals surface area contributed by atoms with Crippen molar-refractivity contribution in [3.05, 3.63) is 34.9 Å². The number of rotatable bonds is 3. The minimum absolute atomic E-state index is 0.0413. The van der Waals surface area contributed by atoms with Crippen molar-refractivity contribution in [2.24, 2.45) is 0 Å². The molecular weight excluding hydrogens is 258 g/mol. The average molecular weight is 278 g/mol. The lowest BCUT2D eigenvalue weighted by molar-refractivity contribution is -0.123. The molecule has 2 aliphatic carbocycles. The molecule has 3 rings (SSSR count). The van der Waals surface area contributed by atoms with Gasteiger partial charge in [-0.2, -0.15) is 0 Å². The molecule has 0 spiro atoms. The first-order valence-electron chi connectivity index (χ1n) is 7.12. The van der Waals surface area contributed by atoms with E-state index in [-0.39, 0.29) is 5.54 Å². The van der Waals surface area contributed by atoms with Crippen LogP contribution in [-0.4, -0.2) is 23.8 Å². The van der Waals surface area contributed by atoms with Gasteiger partial charge in [-0.1, -0.05) is 23.7 Å². The van der Waals surface area contributed by atoms with Crippen LogP contribution in [-0.2, 0) is 10.3 Å². The van der Waals surface area contributed by atoms with Crippen molar-refractivity contribution in [1.29, 1.82) is 0 Å². The maximum Gasteiger partial charge on any atom is 0.133 e. The van der Waals surface area contributed by atoms with Crippen LogP contribution in [0.4, 0.5) is 0 Å². The van der Waals surface area contributed by atoms with Crippen LogP contribution in [0.1, 0.15) is 44.1 Å². The molecule has 102 valence electrons. The topological polar surface area (TPSA) is 20.3 Å². The van der Waals surface area contributed by atoms with Gasteiger partial charge in [0.15, 0.2) is 0 Å². The summed E-state index contributed by atoms with van der Waals surface area (Å²) < 4.78 is 0. The van der Waals surface area contributed by atoms with Crippen LogP contribution in [0.15, 0.2) is 24.3 Å². The van der Waals surface area contributed by atoms with E-state index < -0.39 is 0 Å². The van der Waals surface area contributed by atoms with Crippen molar-refractivity contribution in [1.82, 2.24) is 4.90 Å². The van der Waals surface area contributed by atoms with Crippen LogP contribution in [0.2, 0.25) is 5.02 Å². The Hall–Kier alpha value is -0.860. The van der Waals surface area contributed by atoms with E-state index in [2.05, 4.69) is 24.1 Å². The molecule has 2 fully saturated rings. The Morgan fingerprint density at radius 3 is 2.26 bits per heavy atom. The van der Waals surface area contributed by atoms with Gasteiger partial charge in [0.1, 0.15) is 5.78 Å². The number of carbonyl (C=O) groups is 1. The van der Waals surface area contributed by atoms with Gasteiger partial charge in [0.2, 0.25) is 0 Å². The molecule has 1 aromatic carbocycles. The highest BCUT2D eigenvalue weighted by atomic mass is 35.5. The smallest absolute Gasteiger partial charge is 0.133 e. The number of ketones is 1. The number of halogens is 1. The second-order valence-electron chi connectivity index (χ2n) is 5.92. The van der Waals surface area contributed by atoms with E-state index in [0.717, 1.165) is 17.9 Å². The van der Waals surface area contributed by atoms with Gasteiger partial charge in [-0.25, -0.2) is 0 Å². The summed E-state index contributed by atoms with van der Waals surface area (Å²) in [5.74, 6) is 0.411. The first-order chi connectivity index (χ1) is 9.12. The van der Waals surface area contributed by atoms with Gasteiger partial charge in [-0.3, -0.25) is 9.69 Å². The molecule has 0 heterocycles. The van der Waals surface area contributed by atoms with Gasteiger partial charge in [0.05, 0.1) is 0 Å². The molecule has 0 bridgehead atoms. The van der Waals surface area contributed by atoms with Crippen LogP contribution >= 0.6 is 11.6 Å². The Morgan fingerprint density at radius 2 is 1.74 bits per heavy atom. The highest BCUT2D eigenvalue weighted by molar-refractivity contribution is 6.30. The van der Waals surface area contributed by atoms with E-state index in [9.17, 15) is 4.79 Å². The molecular formula is C16H20ClNO. The molecule has 0 N–H and O–H groups in total. The minimum Gasteiger partial charge on any atom is -0.300 e. The van der Waals surface area contributed by atoms with Crippen LogP contribution in [0.5, 0.6) is 0 Å². The number of Topliss-reactive ketones (excluding diaryl/α,β-unsaturated/α-hetero) is 1. The Morgan fingerprint density at radius 1 is 1.16 bits per heavy atom. The molecule has 2 nitrogen and oxygen atoms in total. The first kappa shape index (κ1) is 13.1. The van der Waals surface area contributed by atoms with Crippen molar-refractivity contribution >= 4 is 17.4 Å². The Bertz CT molecular complexity index is 468. The molecule has 2 saturated carbocycles. The second kappa shape index (κ2) is 4.92. The highest BCUT2D eigenvalue weighted by Crippen LogP contribution is 2.45. The number of nitrogens with zero attached hydrogens (tertiary/aromatic N) is 1. The molecule has 0 unspecified atom stereocenters. The van der Waals surface area contributed by atoms with Gasteiger partial charge in [-0.15, -0.1) is 0 Å². The van der Waals surface area contributed by atoms with Gasteiger partial charge in [0.25, 0.3) is 0 Å². The SMILES string of the molecule is CN(C1CC1)C1(c2ccc(Cl)cc2)CCC(=O)CC1. The fourth-order valence-corrected chi connectivity index (χ4v) is 3.48. The normalized spacial score (nSPS) is 22.8. The van der Waals surface area contributed by atoms with Crippen molar-refractivity contribution < 1.29 is 4.79 Å². The minimum atomic E-state index is 0.0413. The van der Waals surface area contributed by atoms with Crippen LogP contribution in [0.3, 0.4) is 0 Å². The van der Waals surface area contributed by atoms with E-state index in [1.165, 1.54) is 18.4 Å². The monoisotopic (exact) mass is 277 g/mol.